The molecule has 0 aromatic carbocycles. The van der Waals surface area contributed by atoms with Gasteiger partial charge in [0, 0.05) is 12.1 Å². The molecule has 0 radical (unpaired) electrons. The van der Waals surface area contributed by atoms with Gasteiger partial charge in [0.15, 0.2) is 5.03 Å². The van der Waals surface area contributed by atoms with Crippen molar-refractivity contribution in [2.24, 2.45) is 0 Å². The second-order valence-corrected chi connectivity index (χ2v) is 5.46. The maximum atomic E-state index is 11.0. The summed E-state index contributed by atoms with van der Waals surface area (Å²) in [7, 11) is 1.38. The molecule has 0 aliphatic heterocycles. The summed E-state index contributed by atoms with van der Waals surface area (Å²) >= 11 is 0.806. The molecule has 8 heteroatoms. The fraction of sp³-hybridized carbons (Fsp3) is 0.400. The zero-order valence-electron chi connectivity index (χ0n) is 10.0. The lowest BCUT2D eigenvalue weighted by atomic mass is 10.2. The van der Waals surface area contributed by atoms with Crippen LogP contribution in [0.5, 0.6) is 5.88 Å². The number of carboxylic acids is 1. The highest BCUT2D eigenvalue weighted by molar-refractivity contribution is 8.01. The van der Waals surface area contributed by atoms with Gasteiger partial charge in [-0.1, -0.05) is 11.8 Å². The quantitative estimate of drug-likeness (QED) is 0.496. The second-order valence-electron chi connectivity index (χ2n) is 3.85. The SMILES string of the molecule is COc1ccc([N+](=O)[O-])c(SC(C)(C)C(=O)O)n1. The average molecular weight is 272 g/mol. The number of carbonyl (C=O) groups is 1. The summed E-state index contributed by atoms with van der Waals surface area (Å²) < 4.78 is 3.65. The van der Waals surface area contributed by atoms with Crippen molar-refractivity contribution >= 4 is 23.4 Å². The van der Waals surface area contributed by atoms with E-state index in [1.807, 2.05) is 0 Å². The van der Waals surface area contributed by atoms with Crippen molar-refractivity contribution in [3.05, 3.63) is 22.2 Å². The standard InChI is InChI=1S/C10H12N2O5S/c1-10(2,9(13)14)18-8-6(12(15)16)4-5-7(11-8)17-3/h4-5H,1-3H3,(H,13,14). The number of aromatic nitrogens is 1. The van der Waals surface area contributed by atoms with Crippen LogP contribution >= 0.6 is 11.8 Å². The van der Waals surface area contributed by atoms with Gasteiger partial charge in [0.1, 0.15) is 4.75 Å². The Morgan fingerprint density at radius 2 is 2.17 bits per heavy atom. The van der Waals surface area contributed by atoms with Gasteiger partial charge in [-0.05, 0) is 13.8 Å². The van der Waals surface area contributed by atoms with Gasteiger partial charge in [-0.25, -0.2) is 0 Å². The van der Waals surface area contributed by atoms with Crippen LogP contribution in [0, 0.1) is 10.1 Å². The molecule has 0 atom stereocenters. The molecule has 0 amide bonds. The summed E-state index contributed by atoms with van der Waals surface area (Å²) in [6.07, 6.45) is 0. The van der Waals surface area contributed by atoms with Gasteiger partial charge >= 0.3 is 11.7 Å². The lowest BCUT2D eigenvalue weighted by molar-refractivity contribution is -0.388. The van der Waals surface area contributed by atoms with Crippen LogP contribution in [0.25, 0.3) is 0 Å². The summed E-state index contributed by atoms with van der Waals surface area (Å²) in [6.45, 7) is 2.90. The van der Waals surface area contributed by atoms with E-state index in [1.54, 1.807) is 0 Å². The second kappa shape index (κ2) is 5.21. The highest BCUT2D eigenvalue weighted by atomic mass is 32.2. The predicted octanol–water partition coefficient (Wildman–Crippen LogP) is 1.95. The van der Waals surface area contributed by atoms with E-state index in [1.165, 1.54) is 33.1 Å². The minimum Gasteiger partial charge on any atom is -0.481 e. The Morgan fingerprint density at radius 3 is 2.61 bits per heavy atom. The van der Waals surface area contributed by atoms with Crippen molar-refractivity contribution in [2.45, 2.75) is 23.6 Å². The van der Waals surface area contributed by atoms with Crippen LogP contribution in [0.1, 0.15) is 13.8 Å². The summed E-state index contributed by atoms with van der Waals surface area (Å²) in [5.74, 6) is -0.879. The maximum absolute atomic E-state index is 11.0. The van der Waals surface area contributed by atoms with Crippen molar-refractivity contribution in [3.8, 4) is 5.88 Å². The fourth-order valence-electron chi connectivity index (χ4n) is 1.03. The molecule has 1 heterocycles. The van der Waals surface area contributed by atoms with Crippen LogP contribution in [-0.4, -0.2) is 32.8 Å². The zero-order valence-corrected chi connectivity index (χ0v) is 10.9. The van der Waals surface area contributed by atoms with E-state index in [0.717, 1.165) is 11.8 Å². The first-order chi connectivity index (χ1) is 8.27. The Kier molecular flexibility index (Phi) is 4.12. The molecule has 1 aromatic rings. The van der Waals surface area contributed by atoms with Gasteiger partial charge in [0.25, 0.3) is 0 Å². The van der Waals surface area contributed by atoms with Crippen LogP contribution in [0.15, 0.2) is 17.2 Å². The molecular formula is C10H12N2O5S. The van der Waals surface area contributed by atoms with E-state index in [9.17, 15) is 14.9 Å². The van der Waals surface area contributed by atoms with Crippen LogP contribution < -0.4 is 4.74 Å². The van der Waals surface area contributed by atoms with Gasteiger partial charge in [0.2, 0.25) is 5.88 Å². The Morgan fingerprint density at radius 1 is 1.56 bits per heavy atom. The highest BCUT2D eigenvalue weighted by Gasteiger charge is 2.32. The predicted molar refractivity (Wildman–Crippen MR) is 65.0 cm³/mol. The number of rotatable bonds is 5. The fourth-order valence-corrected chi connectivity index (χ4v) is 1.98. The summed E-state index contributed by atoms with van der Waals surface area (Å²) in [4.78, 5) is 25.2. The molecule has 0 saturated heterocycles. The van der Waals surface area contributed by atoms with Crippen LogP contribution in [0.4, 0.5) is 5.69 Å². The van der Waals surface area contributed by atoms with E-state index < -0.39 is 15.6 Å². The molecule has 0 fully saturated rings. The first-order valence-corrected chi connectivity index (χ1v) is 5.71. The number of nitrogens with zero attached hydrogens (tertiary/aromatic N) is 2. The third kappa shape index (κ3) is 3.10. The average Bonchev–Trinajstić information content (AvgIpc) is 2.27. The van der Waals surface area contributed by atoms with Gasteiger partial charge in [-0.2, -0.15) is 4.98 Å². The van der Waals surface area contributed by atoms with Gasteiger partial charge < -0.3 is 9.84 Å². The Bertz CT molecular complexity index is 489. The molecule has 0 aliphatic carbocycles. The van der Waals surface area contributed by atoms with Gasteiger partial charge in [-0.15, -0.1) is 0 Å². The smallest absolute Gasteiger partial charge is 0.319 e. The zero-order chi connectivity index (χ0) is 13.9. The summed E-state index contributed by atoms with van der Waals surface area (Å²) in [5.41, 5.74) is -0.241. The third-order valence-electron chi connectivity index (χ3n) is 2.09. The van der Waals surface area contributed by atoms with E-state index in [2.05, 4.69) is 4.98 Å². The molecule has 1 rings (SSSR count). The lowest BCUT2D eigenvalue weighted by Gasteiger charge is -2.17. The first kappa shape index (κ1) is 14.2. The number of nitro groups is 1. The largest absolute Gasteiger partial charge is 0.481 e. The third-order valence-corrected chi connectivity index (χ3v) is 3.27. The molecule has 0 aliphatic rings. The lowest BCUT2D eigenvalue weighted by Crippen LogP contribution is -2.27. The van der Waals surface area contributed by atoms with E-state index in [4.69, 9.17) is 9.84 Å². The molecule has 7 nitrogen and oxygen atoms in total. The Balaban J connectivity index is 3.20. The molecular weight excluding hydrogens is 260 g/mol. The minimum absolute atomic E-state index is 0.0201. The van der Waals surface area contributed by atoms with Crippen LogP contribution in [-0.2, 0) is 4.79 Å². The topological polar surface area (TPSA) is 103 Å². The van der Waals surface area contributed by atoms with E-state index in [0.29, 0.717) is 0 Å². The van der Waals surface area contributed by atoms with Gasteiger partial charge in [-0.3, -0.25) is 14.9 Å². The molecule has 18 heavy (non-hydrogen) atoms. The van der Waals surface area contributed by atoms with Crippen molar-refractivity contribution < 1.29 is 19.6 Å². The number of pyridine rings is 1. The summed E-state index contributed by atoms with van der Waals surface area (Å²) in [6, 6.07) is 2.60. The number of carboxylic acid groups (broad SMARTS) is 1. The first-order valence-electron chi connectivity index (χ1n) is 4.90. The molecule has 1 aromatic heterocycles. The number of methoxy groups -OCH3 is 1. The number of hydrogen-bond donors (Lipinski definition) is 1. The van der Waals surface area contributed by atoms with Crippen LogP contribution in [0.2, 0.25) is 0 Å². The van der Waals surface area contributed by atoms with Crippen molar-refractivity contribution in [3.63, 3.8) is 0 Å². The normalized spacial score (nSPS) is 11.1. The van der Waals surface area contributed by atoms with E-state index in [-0.39, 0.29) is 16.6 Å². The molecule has 0 unspecified atom stereocenters. The van der Waals surface area contributed by atoms with Crippen molar-refractivity contribution in [1.82, 2.24) is 4.98 Å². The molecule has 0 spiro atoms. The number of hydrogen-bond acceptors (Lipinski definition) is 6. The Hall–Kier alpha value is -1.83. The maximum Gasteiger partial charge on any atom is 0.319 e. The van der Waals surface area contributed by atoms with Crippen molar-refractivity contribution in [2.75, 3.05) is 7.11 Å². The van der Waals surface area contributed by atoms with Crippen LogP contribution in [0.3, 0.4) is 0 Å². The minimum atomic E-state index is -1.22. The monoisotopic (exact) mass is 272 g/mol. The number of ether oxygens (including phenoxy) is 1. The Labute approximate surface area is 107 Å². The van der Waals surface area contributed by atoms with Gasteiger partial charge in [0.05, 0.1) is 12.0 Å². The molecule has 0 saturated carbocycles. The highest BCUT2D eigenvalue weighted by Crippen LogP contribution is 2.37. The number of thioether (sulfide) groups is 1. The molecule has 1 N–H and O–H groups in total. The number of aliphatic carboxylic acids is 1. The summed E-state index contributed by atoms with van der Waals surface area (Å²) in [5, 5.41) is 19.9. The van der Waals surface area contributed by atoms with Crippen molar-refractivity contribution in [1.29, 1.82) is 0 Å². The van der Waals surface area contributed by atoms with E-state index >= 15 is 0 Å². The molecule has 98 valence electrons. The molecule has 0 bridgehead atoms.